The van der Waals surface area contributed by atoms with Gasteiger partial charge in [-0.3, -0.25) is 4.79 Å². The zero-order chi connectivity index (χ0) is 25.3. The first-order valence-corrected chi connectivity index (χ1v) is 9.81. The number of halogens is 9. The van der Waals surface area contributed by atoms with Gasteiger partial charge in [-0.05, 0) is 12.8 Å². The maximum Gasteiger partial charge on any atom is 0.437 e. The standard InChI is InChI=1S/C23H15F9O2/c24-17(19(26)27)12-4-8-15(9-5-12)22(23(30,31)32,34-21(33)14-2-1-3-14)16-10-6-13(7-11-16)18(25)20(28)29/h4-11,14H,1-3H2. The van der Waals surface area contributed by atoms with Crippen molar-refractivity contribution in [1.29, 1.82) is 0 Å². The summed E-state index contributed by atoms with van der Waals surface area (Å²) in [5.41, 5.74) is -6.45. The van der Waals surface area contributed by atoms with E-state index in [2.05, 4.69) is 0 Å². The molecule has 2 aromatic carbocycles. The summed E-state index contributed by atoms with van der Waals surface area (Å²) >= 11 is 0. The van der Waals surface area contributed by atoms with E-state index in [0.29, 0.717) is 67.8 Å². The van der Waals surface area contributed by atoms with Crippen LogP contribution in [0, 0.1) is 5.92 Å². The summed E-state index contributed by atoms with van der Waals surface area (Å²) in [5, 5.41) is 0. The molecule has 2 aromatic rings. The van der Waals surface area contributed by atoms with Crippen molar-refractivity contribution in [3.05, 3.63) is 82.9 Å². The van der Waals surface area contributed by atoms with E-state index in [1.807, 2.05) is 0 Å². The number of benzene rings is 2. The average Bonchev–Trinajstić information content (AvgIpc) is 2.74. The van der Waals surface area contributed by atoms with Crippen molar-refractivity contribution in [2.75, 3.05) is 0 Å². The Morgan fingerprint density at radius 2 is 1.09 bits per heavy atom. The zero-order valence-electron chi connectivity index (χ0n) is 17.0. The third-order valence-electron chi connectivity index (χ3n) is 5.51. The minimum Gasteiger partial charge on any atom is -0.439 e. The lowest BCUT2D eigenvalue weighted by atomic mass is 9.82. The largest absolute Gasteiger partial charge is 0.439 e. The average molecular weight is 494 g/mol. The van der Waals surface area contributed by atoms with Crippen LogP contribution < -0.4 is 0 Å². The van der Waals surface area contributed by atoms with E-state index in [1.54, 1.807) is 0 Å². The molecule has 0 unspecified atom stereocenters. The number of rotatable bonds is 6. The molecule has 182 valence electrons. The van der Waals surface area contributed by atoms with Crippen molar-refractivity contribution in [2.24, 2.45) is 5.92 Å². The normalized spacial score (nSPS) is 14.3. The first-order valence-electron chi connectivity index (χ1n) is 9.81. The second kappa shape index (κ2) is 9.55. The molecule has 0 heterocycles. The fourth-order valence-electron chi connectivity index (χ4n) is 3.47. The predicted octanol–water partition coefficient (Wildman–Crippen LogP) is 7.91. The van der Waals surface area contributed by atoms with Crippen LogP contribution >= 0.6 is 0 Å². The molecule has 1 aliphatic rings. The molecule has 2 nitrogen and oxygen atoms in total. The van der Waals surface area contributed by atoms with E-state index in [1.165, 1.54) is 0 Å². The van der Waals surface area contributed by atoms with Crippen LogP contribution in [0.3, 0.4) is 0 Å². The second-order valence-corrected chi connectivity index (χ2v) is 7.53. The van der Waals surface area contributed by atoms with Gasteiger partial charge in [-0.15, -0.1) is 0 Å². The quantitative estimate of drug-likeness (QED) is 0.301. The molecule has 34 heavy (non-hydrogen) atoms. The van der Waals surface area contributed by atoms with Crippen molar-refractivity contribution < 1.29 is 49.0 Å². The SMILES string of the molecule is O=C(OC(c1ccc(C(F)=C(F)F)cc1)(c1ccc(C(F)=C(F)F)cc1)C(F)(F)F)C1CCC1. The number of hydrogen-bond donors (Lipinski definition) is 0. The minimum absolute atomic E-state index is 0.294. The van der Waals surface area contributed by atoms with Gasteiger partial charge in [0.25, 0.3) is 5.60 Å². The summed E-state index contributed by atoms with van der Waals surface area (Å²) in [5.74, 6) is -5.88. The van der Waals surface area contributed by atoms with Gasteiger partial charge in [0.05, 0.1) is 5.92 Å². The van der Waals surface area contributed by atoms with Gasteiger partial charge in [0.15, 0.2) is 11.7 Å². The van der Waals surface area contributed by atoms with E-state index < -0.39 is 69.7 Å². The summed E-state index contributed by atoms with van der Waals surface area (Å²) in [6, 6.07) is 5.25. The fourth-order valence-corrected chi connectivity index (χ4v) is 3.47. The first kappa shape index (κ1) is 25.4. The number of carbonyl (C=O) groups excluding carboxylic acids is 1. The maximum atomic E-state index is 14.6. The summed E-state index contributed by atoms with van der Waals surface area (Å²) in [6.07, 6.45) is -9.52. The number of ether oxygens (including phenoxy) is 1. The maximum absolute atomic E-state index is 14.6. The van der Waals surface area contributed by atoms with E-state index in [9.17, 15) is 44.3 Å². The topological polar surface area (TPSA) is 26.3 Å². The van der Waals surface area contributed by atoms with Crippen molar-refractivity contribution in [3.8, 4) is 0 Å². The van der Waals surface area contributed by atoms with Gasteiger partial charge < -0.3 is 4.74 Å². The lowest BCUT2D eigenvalue weighted by Gasteiger charge is -2.38. The van der Waals surface area contributed by atoms with Crippen LogP contribution in [0.1, 0.15) is 41.5 Å². The minimum atomic E-state index is -5.34. The van der Waals surface area contributed by atoms with Crippen molar-refractivity contribution in [3.63, 3.8) is 0 Å². The molecular formula is C23H15F9O2. The Kier molecular flexibility index (Phi) is 7.13. The highest BCUT2D eigenvalue weighted by Crippen LogP contribution is 2.49. The molecule has 1 fully saturated rings. The molecule has 11 heteroatoms. The first-order chi connectivity index (χ1) is 15.9. The number of alkyl halides is 3. The molecule has 1 saturated carbocycles. The molecule has 0 spiro atoms. The lowest BCUT2D eigenvalue weighted by Crippen LogP contribution is -2.48. The number of esters is 1. The monoisotopic (exact) mass is 494 g/mol. The van der Waals surface area contributed by atoms with Crippen LogP contribution in [-0.2, 0) is 15.1 Å². The number of carbonyl (C=O) groups is 1. The molecule has 0 amide bonds. The Morgan fingerprint density at radius 1 is 0.706 bits per heavy atom. The molecule has 0 aliphatic heterocycles. The van der Waals surface area contributed by atoms with E-state index in [4.69, 9.17) is 4.74 Å². The Hall–Kier alpha value is -3.24. The van der Waals surface area contributed by atoms with E-state index in [-0.39, 0.29) is 0 Å². The third kappa shape index (κ3) is 4.69. The summed E-state index contributed by atoms with van der Waals surface area (Å²) in [6.45, 7) is 0. The molecule has 0 radical (unpaired) electrons. The third-order valence-corrected chi connectivity index (χ3v) is 5.51. The lowest BCUT2D eigenvalue weighted by molar-refractivity contribution is -0.263. The molecular weight excluding hydrogens is 479 g/mol. The highest BCUT2D eigenvalue weighted by atomic mass is 19.4. The van der Waals surface area contributed by atoms with Gasteiger partial charge in [-0.2, -0.15) is 30.7 Å². The molecule has 0 bridgehead atoms. The van der Waals surface area contributed by atoms with Gasteiger partial charge in [0.2, 0.25) is 0 Å². The van der Waals surface area contributed by atoms with Crippen molar-refractivity contribution >= 4 is 17.6 Å². The van der Waals surface area contributed by atoms with Crippen LogP contribution in [0.5, 0.6) is 0 Å². The summed E-state index contributed by atoms with van der Waals surface area (Å²) in [7, 11) is 0. The molecule has 0 atom stereocenters. The van der Waals surface area contributed by atoms with Crippen LogP contribution in [0.2, 0.25) is 0 Å². The van der Waals surface area contributed by atoms with E-state index in [0.717, 1.165) is 0 Å². The Bertz CT molecular complexity index is 1040. The Labute approximate surface area is 187 Å². The van der Waals surface area contributed by atoms with Gasteiger partial charge in [-0.1, -0.05) is 55.0 Å². The highest BCUT2D eigenvalue weighted by Gasteiger charge is 2.61. The van der Waals surface area contributed by atoms with Crippen molar-refractivity contribution in [2.45, 2.75) is 31.0 Å². The van der Waals surface area contributed by atoms with Gasteiger partial charge >= 0.3 is 24.3 Å². The Morgan fingerprint density at radius 3 is 1.35 bits per heavy atom. The Balaban J connectivity index is 2.20. The van der Waals surface area contributed by atoms with Crippen LogP contribution in [0.25, 0.3) is 11.7 Å². The molecule has 0 saturated heterocycles. The molecule has 3 rings (SSSR count). The highest BCUT2D eigenvalue weighted by molar-refractivity contribution is 5.75. The van der Waals surface area contributed by atoms with Gasteiger partial charge in [-0.25, -0.2) is 8.78 Å². The molecule has 0 aromatic heterocycles. The zero-order valence-corrected chi connectivity index (χ0v) is 17.0. The van der Waals surface area contributed by atoms with Crippen LogP contribution in [-0.4, -0.2) is 12.1 Å². The molecule has 0 N–H and O–H groups in total. The fraction of sp³-hybridized carbons (Fsp3) is 0.261. The molecule has 1 aliphatic carbocycles. The van der Waals surface area contributed by atoms with Gasteiger partial charge in [0, 0.05) is 22.3 Å². The summed E-state index contributed by atoms with van der Waals surface area (Å²) in [4.78, 5) is 12.5. The second-order valence-electron chi connectivity index (χ2n) is 7.53. The van der Waals surface area contributed by atoms with Crippen LogP contribution in [0.15, 0.2) is 60.7 Å². The summed E-state index contributed by atoms with van der Waals surface area (Å²) < 4.78 is 126. The van der Waals surface area contributed by atoms with Crippen molar-refractivity contribution in [1.82, 2.24) is 0 Å². The number of hydrogen-bond acceptors (Lipinski definition) is 2. The van der Waals surface area contributed by atoms with Gasteiger partial charge in [0.1, 0.15) is 0 Å². The predicted molar refractivity (Wildman–Crippen MR) is 104 cm³/mol. The van der Waals surface area contributed by atoms with E-state index >= 15 is 0 Å². The smallest absolute Gasteiger partial charge is 0.437 e. The van der Waals surface area contributed by atoms with Crippen LogP contribution in [0.4, 0.5) is 39.5 Å².